The monoisotopic (exact) mass is 265 g/mol. The maximum Gasteiger partial charge on any atom is 0.254 e. The smallest absolute Gasteiger partial charge is 0.254 e. The molecule has 1 fully saturated rings. The first-order valence-electron chi connectivity index (χ1n) is 6.53. The van der Waals surface area contributed by atoms with Gasteiger partial charge in [0.2, 0.25) is 0 Å². The summed E-state index contributed by atoms with van der Waals surface area (Å²) in [5, 5.41) is 2.90. The summed E-state index contributed by atoms with van der Waals surface area (Å²) in [5.41, 5.74) is 5.85. The average Bonchev–Trinajstić information content (AvgIpc) is 2.33. The van der Waals surface area contributed by atoms with Gasteiger partial charge in [-0.3, -0.25) is 4.79 Å². The Bertz CT molecular complexity index is 478. The van der Waals surface area contributed by atoms with Crippen LogP contribution in [0.1, 0.15) is 30.1 Å². The zero-order chi connectivity index (χ0) is 14.0. The van der Waals surface area contributed by atoms with E-state index < -0.39 is 5.82 Å². The minimum absolute atomic E-state index is 0.0563. The third-order valence-electron chi connectivity index (χ3n) is 3.78. The average molecular weight is 265 g/mol. The van der Waals surface area contributed by atoms with E-state index in [1.54, 1.807) is 0 Å². The number of carbonyl (C=O) groups is 1. The minimum atomic E-state index is -0.571. The zero-order valence-electron chi connectivity index (χ0n) is 11.3. The molecular formula is C14H20FN3O. The molecule has 1 aliphatic heterocycles. The van der Waals surface area contributed by atoms with Crippen molar-refractivity contribution >= 4 is 11.6 Å². The Kier molecular flexibility index (Phi) is 4.04. The summed E-state index contributed by atoms with van der Waals surface area (Å²) in [6.45, 7) is 3.07. The second-order valence-electron chi connectivity index (χ2n) is 5.26. The normalized spacial score (nSPS) is 24.2. The molecule has 2 unspecified atom stereocenters. The molecule has 1 heterocycles. The Morgan fingerprint density at radius 1 is 1.53 bits per heavy atom. The molecule has 2 atom stereocenters. The topological polar surface area (TPSA) is 58.4 Å². The Morgan fingerprint density at radius 2 is 2.26 bits per heavy atom. The molecule has 4 nitrogen and oxygen atoms in total. The number of hydrogen-bond acceptors (Lipinski definition) is 3. The van der Waals surface area contributed by atoms with E-state index in [4.69, 9.17) is 5.73 Å². The summed E-state index contributed by atoms with van der Waals surface area (Å²) in [5.74, 6) is -0.933. The number of nitrogens with two attached hydrogens (primary N) is 1. The molecule has 0 bridgehead atoms. The largest absolute Gasteiger partial charge is 0.399 e. The summed E-state index contributed by atoms with van der Waals surface area (Å²) < 4.78 is 13.6. The van der Waals surface area contributed by atoms with Crippen molar-refractivity contribution in [2.45, 2.75) is 31.8 Å². The van der Waals surface area contributed by atoms with Crippen LogP contribution in [0.5, 0.6) is 0 Å². The van der Waals surface area contributed by atoms with E-state index in [0.717, 1.165) is 19.4 Å². The standard InChI is InChI=1S/C14H20FN3O/c1-9-7-11(5-6-18(9)2)17-14(19)12-4-3-10(16)8-13(12)15/h3-4,8-9,11H,5-7,16H2,1-2H3,(H,17,19). The highest BCUT2D eigenvalue weighted by molar-refractivity contribution is 5.95. The number of amides is 1. The van der Waals surface area contributed by atoms with E-state index >= 15 is 0 Å². The molecule has 104 valence electrons. The van der Waals surface area contributed by atoms with Gasteiger partial charge in [-0.25, -0.2) is 4.39 Å². The summed E-state index contributed by atoms with van der Waals surface area (Å²) >= 11 is 0. The maximum absolute atomic E-state index is 13.6. The molecule has 3 N–H and O–H groups in total. The van der Waals surface area contributed by atoms with E-state index in [1.807, 2.05) is 0 Å². The van der Waals surface area contributed by atoms with Crippen LogP contribution in [0.4, 0.5) is 10.1 Å². The maximum atomic E-state index is 13.6. The number of hydrogen-bond donors (Lipinski definition) is 2. The fourth-order valence-corrected chi connectivity index (χ4v) is 2.40. The zero-order valence-corrected chi connectivity index (χ0v) is 11.3. The molecule has 19 heavy (non-hydrogen) atoms. The van der Waals surface area contributed by atoms with Crippen LogP contribution in [0.15, 0.2) is 18.2 Å². The molecule has 1 amide bonds. The van der Waals surface area contributed by atoms with Crippen molar-refractivity contribution in [1.82, 2.24) is 10.2 Å². The van der Waals surface area contributed by atoms with E-state index in [9.17, 15) is 9.18 Å². The van der Waals surface area contributed by atoms with Gasteiger partial charge in [0.25, 0.3) is 5.91 Å². The number of likely N-dealkylation sites (tertiary alicyclic amines) is 1. The molecular weight excluding hydrogens is 245 g/mol. The molecule has 0 aromatic heterocycles. The van der Waals surface area contributed by atoms with E-state index in [1.165, 1.54) is 18.2 Å². The summed E-state index contributed by atoms with van der Waals surface area (Å²) in [6, 6.07) is 4.67. The van der Waals surface area contributed by atoms with Crippen LogP contribution in [0.3, 0.4) is 0 Å². The van der Waals surface area contributed by atoms with Gasteiger partial charge >= 0.3 is 0 Å². The van der Waals surface area contributed by atoms with E-state index in [2.05, 4.69) is 24.2 Å². The van der Waals surface area contributed by atoms with Crippen molar-refractivity contribution in [3.05, 3.63) is 29.6 Å². The second-order valence-corrected chi connectivity index (χ2v) is 5.26. The van der Waals surface area contributed by atoms with Crippen LogP contribution in [0, 0.1) is 5.82 Å². The molecule has 1 aromatic carbocycles. The van der Waals surface area contributed by atoms with Crippen molar-refractivity contribution in [2.75, 3.05) is 19.3 Å². The predicted octanol–water partition coefficient (Wildman–Crippen LogP) is 1.62. The van der Waals surface area contributed by atoms with Crippen molar-refractivity contribution in [1.29, 1.82) is 0 Å². The molecule has 0 spiro atoms. The Hall–Kier alpha value is -1.62. The SMILES string of the molecule is CC1CC(NC(=O)c2ccc(N)cc2F)CCN1C. The number of carbonyl (C=O) groups excluding carboxylic acids is 1. The first kappa shape index (κ1) is 13.8. The van der Waals surface area contributed by atoms with Crippen molar-refractivity contribution < 1.29 is 9.18 Å². The van der Waals surface area contributed by atoms with Crippen LogP contribution in [-0.4, -0.2) is 36.5 Å². The van der Waals surface area contributed by atoms with Gasteiger partial charge in [-0.2, -0.15) is 0 Å². The third-order valence-corrected chi connectivity index (χ3v) is 3.78. The van der Waals surface area contributed by atoms with Gasteiger partial charge in [0.05, 0.1) is 5.56 Å². The second kappa shape index (κ2) is 5.57. The first-order chi connectivity index (χ1) is 8.97. The summed E-state index contributed by atoms with van der Waals surface area (Å²) in [7, 11) is 2.07. The lowest BCUT2D eigenvalue weighted by molar-refractivity contribution is 0.0892. The summed E-state index contributed by atoms with van der Waals surface area (Å²) in [4.78, 5) is 14.3. The lowest BCUT2D eigenvalue weighted by Crippen LogP contribution is -2.47. The van der Waals surface area contributed by atoms with Gasteiger partial charge in [0.15, 0.2) is 0 Å². The minimum Gasteiger partial charge on any atom is -0.399 e. The third kappa shape index (κ3) is 3.23. The fraction of sp³-hybridized carbons (Fsp3) is 0.500. The van der Waals surface area contributed by atoms with Crippen LogP contribution in [-0.2, 0) is 0 Å². The van der Waals surface area contributed by atoms with Crippen LogP contribution >= 0.6 is 0 Å². The molecule has 1 aromatic rings. The molecule has 1 saturated heterocycles. The molecule has 5 heteroatoms. The quantitative estimate of drug-likeness (QED) is 0.799. The van der Waals surface area contributed by atoms with Crippen molar-refractivity contribution in [3.8, 4) is 0 Å². The van der Waals surface area contributed by atoms with Gasteiger partial charge < -0.3 is 16.0 Å². The number of benzene rings is 1. The van der Waals surface area contributed by atoms with Crippen molar-refractivity contribution in [3.63, 3.8) is 0 Å². The summed E-state index contributed by atoms with van der Waals surface area (Å²) in [6.07, 6.45) is 1.78. The van der Waals surface area contributed by atoms with Crippen molar-refractivity contribution in [2.24, 2.45) is 0 Å². The van der Waals surface area contributed by atoms with Crippen LogP contribution < -0.4 is 11.1 Å². The number of anilines is 1. The Labute approximate surface area is 112 Å². The van der Waals surface area contributed by atoms with Crippen LogP contribution in [0.2, 0.25) is 0 Å². The number of nitrogen functional groups attached to an aromatic ring is 1. The molecule has 2 rings (SSSR count). The predicted molar refractivity (Wildman–Crippen MR) is 73.4 cm³/mol. The van der Waals surface area contributed by atoms with E-state index in [-0.39, 0.29) is 17.5 Å². The van der Waals surface area contributed by atoms with Gasteiger partial charge in [-0.05, 0) is 45.0 Å². The molecule has 0 aliphatic carbocycles. The number of piperidine rings is 1. The van der Waals surface area contributed by atoms with Crippen LogP contribution in [0.25, 0.3) is 0 Å². The lowest BCUT2D eigenvalue weighted by atomic mass is 9.98. The molecule has 0 saturated carbocycles. The highest BCUT2D eigenvalue weighted by atomic mass is 19.1. The number of rotatable bonds is 2. The van der Waals surface area contributed by atoms with Gasteiger partial charge in [-0.15, -0.1) is 0 Å². The number of halogens is 1. The Balaban J connectivity index is 2.01. The number of nitrogens with one attached hydrogen (secondary N) is 1. The van der Waals surface area contributed by atoms with Gasteiger partial charge in [0, 0.05) is 24.3 Å². The van der Waals surface area contributed by atoms with E-state index in [0.29, 0.717) is 11.7 Å². The van der Waals surface area contributed by atoms with Gasteiger partial charge in [-0.1, -0.05) is 0 Å². The molecule has 1 aliphatic rings. The Morgan fingerprint density at radius 3 is 2.89 bits per heavy atom. The highest BCUT2D eigenvalue weighted by Crippen LogP contribution is 2.17. The highest BCUT2D eigenvalue weighted by Gasteiger charge is 2.24. The number of nitrogens with zero attached hydrogens (tertiary/aromatic N) is 1. The lowest BCUT2D eigenvalue weighted by Gasteiger charge is -2.35. The fourth-order valence-electron chi connectivity index (χ4n) is 2.40. The van der Waals surface area contributed by atoms with Gasteiger partial charge in [0.1, 0.15) is 5.82 Å². The first-order valence-corrected chi connectivity index (χ1v) is 6.53. The molecule has 0 radical (unpaired) electrons.